The van der Waals surface area contributed by atoms with E-state index in [2.05, 4.69) is 34.8 Å². The van der Waals surface area contributed by atoms with Gasteiger partial charge in [-0.1, -0.05) is 15.9 Å². The molecule has 1 aromatic rings. The molecule has 0 radical (unpaired) electrons. The molecule has 0 aliphatic heterocycles. The summed E-state index contributed by atoms with van der Waals surface area (Å²) < 4.78 is 25.8. The van der Waals surface area contributed by atoms with Crippen molar-refractivity contribution in [2.45, 2.75) is 62.0 Å². The van der Waals surface area contributed by atoms with Crippen molar-refractivity contribution in [2.75, 3.05) is 12.8 Å². The molecule has 6 heteroatoms. The molecule has 130 valence electrons. The maximum atomic E-state index is 12.4. The van der Waals surface area contributed by atoms with Crippen molar-refractivity contribution in [1.82, 2.24) is 4.90 Å². The van der Waals surface area contributed by atoms with Crippen LogP contribution in [0.1, 0.15) is 39.0 Å². The van der Waals surface area contributed by atoms with Gasteiger partial charge < -0.3 is 10.6 Å². The number of nitrogens with two attached hydrogens (primary N) is 1. The van der Waals surface area contributed by atoms with Crippen LogP contribution in [0.4, 0.5) is 0 Å². The molecule has 1 aliphatic carbocycles. The molecule has 1 saturated carbocycles. The van der Waals surface area contributed by atoms with Gasteiger partial charge >= 0.3 is 0 Å². The molecule has 0 heterocycles. The Morgan fingerprint density at radius 2 is 1.78 bits per heavy atom. The van der Waals surface area contributed by atoms with E-state index in [1.807, 2.05) is 0 Å². The Morgan fingerprint density at radius 3 is 2.35 bits per heavy atom. The predicted molar refractivity (Wildman–Crippen MR) is 98.3 cm³/mol. The van der Waals surface area contributed by atoms with Gasteiger partial charge in [0.2, 0.25) is 0 Å². The Hall–Kier alpha value is -0.430. The lowest BCUT2D eigenvalue weighted by atomic mass is 9.90. The number of rotatable bonds is 6. The lowest BCUT2D eigenvalue weighted by Crippen LogP contribution is -2.43. The van der Waals surface area contributed by atoms with Crippen LogP contribution in [0.15, 0.2) is 33.6 Å². The van der Waals surface area contributed by atoms with Crippen LogP contribution in [0.25, 0.3) is 0 Å². The zero-order chi connectivity index (χ0) is 17.0. The summed E-state index contributed by atoms with van der Waals surface area (Å²) >= 11 is 3.33. The van der Waals surface area contributed by atoms with E-state index in [0.29, 0.717) is 23.4 Å². The third kappa shape index (κ3) is 5.28. The van der Waals surface area contributed by atoms with Gasteiger partial charge in [0.1, 0.15) is 0 Å². The van der Waals surface area contributed by atoms with Crippen molar-refractivity contribution < 1.29 is 8.42 Å². The quantitative estimate of drug-likeness (QED) is 0.793. The summed E-state index contributed by atoms with van der Waals surface area (Å²) in [7, 11) is -1.10. The maximum absolute atomic E-state index is 12.4. The smallest absolute Gasteiger partial charge is 0.178 e. The average Bonchev–Trinajstić information content (AvgIpc) is 2.53. The highest BCUT2D eigenvalue weighted by Crippen LogP contribution is 2.24. The lowest BCUT2D eigenvalue weighted by molar-refractivity contribution is 0.138. The number of halogens is 1. The van der Waals surface area contributed by atoms with Gasteiger partial charge in [0.05, 0.1) is 10.6 Å². The van der Waals surface area contributed by atoms with Crippen LogP contribution < -0.4 is 5.73 Å². The van der Waals surface area contributed by atoms with Crippen LogP contribution in [0, 0.1) is 0 Å². The van der Waals surface area contributed by atoms with Gasteiger partial charge in [-0.05, 0) is 70.3 Å². The zero-order valence-electron chi connectivity index (χ0n) is 13.9. The van der Waals surface area contributed by atoms with Gasteiger partial charge in [-0.25, -0.2) is 8.42 Å². The minimum atomic E-state index is -3.21. The van der Waals surface area contributed by atoms with E-state index in [9.17, 15) is 8.42 Å². The van der Waals surface area contributed by atoms with E-state index in [1.165, 1.54) is 0 Å². The van der Waals surface area contributed by atoms with Crippen LogP contribution in [-0.2, 0) is 9.84 Å². The van der Waals surface area contributed by atoms with Crippen LogP contribution in [0.5, 0.6) is 0 Å². The Bertz CT molecular complexity index is 596. The Morgan fingerprint density at radius 1 is 1.22 bits per heavy atom. The second-order valence-electron chi connectivity index (χ2n) is 6.64. The summed E-state index contributed by atoms with van der Waals surface area (Å²) in [4.78, 5) is 2.74. The topological polar surface area (TPSA) is 63.4 Å². The molecular weight excluding hydrogens is 376 g/mol. The number of sulfone groups is 1. The first kappa shape index (κ1) is 18.9. The van der Waals surface area contributed by atoms with Gasteiger partial charge in [-0.2, -0.15) is 0 Å². The molecule has 1 atom stereocenters. The first-order valence-corrected chi connectivity index (χ1v) is 10.7. The Kier molecular flexibility index (Phi) is 6.66. The second-order valence-corrected chi connectivity index (χ2v) is 9.67. The van der Waals surface area contributed by atoms with E-state index in [0.717, 1.165) is 30.2 Å². The number of hydrogen-bond donors (Lipinski definition) is 1. The number of nitrogens with zero attached hydrogens (tertiary/aromatic N) is 1. The average molecular weight is 403 g/mol. The highest BCUT2D eigenvalue weighted by atomic mass is 79.9. The molecule has 0 amide bonds. The fourth-order valence-corrected chi connectivity index (χ4v) is 4.86. The summed E-state index contributed by atoms with van der Waals surface area (Å²) in [6, 6.07) is 7.99. The summed E-state index contributed by atoms with van der Waals surface area (Å²) in [6.07, 6.45) is 5.01. The van der Waals surface area contributed by atoms with Crippen LogP contribution in [0.2, 0.25) is 0 Å². The summed E-state index contributed by atoms with van der Waals surface area (Å²) in [5.74, 6) is 0.187. The second kappa shape index (κ2) is 8.10. The maximum Gasteiger partial charge on any atom is 0.178 e. The number of hydrogen-bond acceptors (Lipinski definition) is 4. The zero-order valence-corrected chi connectivity index (χ0v) is 16.3. The van der Waals surface area contributed by atoms with E-state index < -0.39 is 9.84 Å². The molecule has 0 bridgehead atoms. The molecule has 23 heavy (non-hydrogen) atoms. The van der Waals surface area contributed by atoms with Gasteiger partial charge in [0.15, 0.2) is 9.84 Å². The third-order valence-corrected chi connectivity index (χ3v) is 7.28. The molecule has 0 aromatic heterocycles. The molecule has 4 nitrogen and oxygen atoms in total. The first-order chi connectivity index (χ1) is 10.8. The van der Waals surface area contributed by atoms with E-state index in [-0.39, 0.29) is 11.8 Å². The van der Waals surface area contributed by atoms with Crippen molar-refractivity contribution in [1.29, 1.82) is 0 Å². The van der Waals surface area contributed by atoms with E-state index >= 15 is 0 Å². The summed E-state index contributed by atoms with van der Waals surface area (Å²) in [5, 5.41) is 0. The summed E-state index contributed by atoms with van der Waals surface area (Å²) in [6.45, 7) is 2.12. The van der Waals surface area contributed by atoms with Gasteiger partial charge in [0, 0.05) is 22.6 Å². The molecule has 0 spiro atoms. The normalized spacial score (nSPS) is 23.9. The van der Waals surface area contributed by atoms with Crippen LogP contribution in [0.3, 0.4) is 0 Å². The minimum absolute atomic E-state index is 0.187. The largest absolute Gasteiger partial charge is 0.328 e. The molecule has 2 N–H and O–H groups in total. The fraction of sp³-hybridized carbons (Fsp3) is 0.647. The van der Waals surface area contributed by atoms with Crippen LogP contribution in [-0.4, -0.2) is 44.2 Å². The van der Waals surface area contributed by atoms with Crippen LogP contribution >= 0.6 is 15.9 Å². The highest BCUT2D eigenvalue weighted by Gasteiger charge is 2.26. The van der Waals surface area contributed by atoms with Crippen molar-refractivity contribution >= 4 is 25.8 Å². The highest BCUT2D eigenvalue weighted by molar-refractivity contribution is 9.10. The molecule has 2 rings (SSSR count). The Labute approximate surface area is 148 Å². The van der Waals surface area contributed by atoms with Gasteiger partial charge in [-0.15, -0.1) is 0 Å². The molecule has 1 aromatic carbocycles. The van der Waals surface area contributed by atoms with Crippen molar-refractivity contribution in [3.63, 3.8) is 0 Å². The van der Waals surface area contributed by atoms with Gasteiger partial charge in [-0.3, -0.25) is 0 Å². The molecular formula is C17H27BrN2O2S. The van der Waals surface area contributed by atoms with Crippen molar-refractivity contribution in [3.8, 4) is 0 Å². The standard InChI is InChI=1S/C17H27BrN2O2S/c1-13(20(2)16-7-5-15(19)6-8-16)11-12-23(21,22)17-9-3-14(18)4-10-17/h3-4,9-10,13,15-16H,5-8,11-12,19H2,1-2H3/t13-,15?,16?/m0/s1. The Balaban J connectivity index is 1.90. The number of benzene rings is 1. The predicted octanol–water partition coefficient (Wildman–Crippen LogP) is 3.20. The fourth-order valence-electron chi connectivity index (χ4n) is 3.16. The molecule has 1 aliphatic rings. The SMILES string of the molecule is C[C@@H](CCS(=O)(=O)c1ccc(Br)cc1)N(C)C1CCC(N)CC1. The van der Waals surface area contributed by atoms with Gasteiger partial charge in [0.25, 0.3) is 0 Å². The monoisotopic (exact) mass is 402 g/mol. The molecule has 0 unspecified atom stereocenters. The van der Waals surface area contributed by atoms with Crippen molar-refractivity contribution in [2.24, 2.45) is 5.73 Å². The molecule has 0 saturated heterocycles. The van der Waals surface area contributed by atoms with Crippen molar-refractivity contribution in [3.05, 3.63) is 28.7 Å². The third-order valence-electron chi connectivity index (χ3n) is 4.99. The lowest BCUT2D eigenvalue weighted by Gasteiger charge is -2.37. The first-order valence-electron chi connectivity index (χ1n) is 8.25. The van der Waals surface area contributed by atoms with E-state index in [4.69, 9.17) is 5.73 Å². The molecule has 1 fully saturated rings. The minimum Gasteiger partial charge on any atom is -0.328 e. The summed E-state index contributed by atoms with van der Waals surface area (Å²) in [5.41, 5.74) is 5.96. The van der Waals surface area contributed by atoms with E-state index in [1.54, 1.807) is 24.3 Å².